The molecule has 0 unspecified atom stereocenters. The number of carbonyl (C=O) groups excluding carboxylic acids is 1. The summed E-state index contributed by atoms with van der Waals surface area (Å²) < 4.78 is 10.4. The lowest BCUT2D eigenvalue weighted by atomic mass is 9.85. The van der Waals surface area contributed by atoms with E-state index in [-0.39, 0.29) is 16.6 Å². The van der Waals surface area contributed by atoms with Crippen molar-refractivity contribution in [2.45, 2.75) is 59.3 Å². The van der Waals surface area contributed by atoms with Crippen LogP contribution in [0.15, 0.2) is 60.7 Å². The van der Waals surface area contributed by atoms with Gasteiger partial charge in [0.05, 0.1) is 24.8 Å². The third kappa shape index (κ3) is 7.11. The molecule has 0 saturated carbocycles. The molecule has 0 saturated heterocycles. The van der Waals surface area contributed by atoms with E-state index in [2.05, 4.69) is 53.7 Å². The fourth-order valence-corrected chi connectivity index (χ4v) is 3.71. The predicted octanol–water partition coefficient (Wildman–Crippen LogP) is 8.18. The summed E-state index contributed by atoms with van der Waals surface area (Å²) in [4.78, 5) is 12.9. The smallest absolute Gasteiger partial charge is 0.198 e. The normalized spacial score (nSPS) is 11.4. The molecule has 0 amide bonds. The van der Waals surface area contributed by atoms with Gasteiger partial charge in [0.25, 0.3) is 0 Å². The van der Waals surface area contributed by atoms with Crippen LogP contribution in [0.2, 0.25) is 5.02 Å². The Labute approximate surface area is 210 Å². The fraction of sp³-hybridized carbons (Fsp3) is 0.367. The number of ketones is 1. The van der Waals surface area contributed by atoms with Gasteiger partial charge in [0.2, 0.25) is 0 Å². The summed E-state index contributed by atoms with van der Waals surface area (Å²) in [5.74, 6) is 1.37. The molecule has 0 atom stereocenters. The molecule has 3 aromatic carbocycles. The molecular weight excluding hydrogens is 444 g/mol. The minimum Gasteiger partial charge on any atom is -0.497 e. The maximum atomic E-state index is 12.9. The minimum absolute atomic E-state index is 0.0433. The van der Waals surface area contributed by atoms with E-state index in [1.807, 2.05) is 43.3 Å². The van der Waals surface area contributed by atoms with Gasteiger partial charge >= 0.3 is 0 Å². The van der Waals surface area contributed by atoms with Gasteiger partial charge in [-0.2, -0.15) is 0 Å². The molecule has 3 nitrogen and oxygen atoms in total. The molecule has 3 aromatic rings. The van der Waals surface area contributed by atoms with Gasteiger partial charge in [-0.15, -0.1) is 0 Å². The first kappa shape index (κ1) is 27.5. The van der Waals surface area contributed by atoms with Gasteiger partial charge < -0.3 is 9.47 Å². The number of ether oxygens (including phenoxy) is 2. The van der Waals surface area contributed by atoms with E-state index in [0.29, 0.717) is 21.9 Å². The number of hydrogen-bond acceptors (Lipinski definition) is 3. The van der Waals surface area contributed by atoms with E-state index in [4.69, 9.17) is 21.1 Å². The second kappa shape index (κ2) is 11.1. The largest absolute Gasteiger partial charge is 0.497 e. The molecule has 3 rings (SSSR count). The number of hydrogen-bond donors (Lipinski definition) is 0. The van der Waals surface area contributed by atoms with E-state index in [0.717, 1.165) is 16.9 Å². The van der Waals surface area contributed by atoms with Crippen molar-refractivity contribution in [3.63, 3.8) is 0 Å². The highest BCUT2D eigenvalue weighted by Crippen LogP contribution is 2.31. The number of methoxy groups -OCH3 is 2. The minimum atomic E-state index is -0.118. The van der Waals surface area contributed by atoms with Crippen LogP contribution in [0.1, 0.15) is 74.2 Å². The summed E-state index contributed by atoms with van der Waals surface area (Å²) in [6, 6.07) is 19.4. The standard InChI is InChI=1S/C19H21ClO2.C11H16O/c1-12-6-8-14(16(20)10-12)18(21)15-11-13(19(2,3)4)7-9-17(15)22-5;1-11(2,3)9-5-7-10(12-4)8-6-9/h6-11H,1-5H3;5-8H,1-4H3. The summed E-state index contributed by atoms with van der Waals surface area (Å²) in [6.07, 6.45) is 0. The zero-order valence-corrected chi connectivity index (χ0v) is 22.6. The number of carbonyl (C=O) groups is 1. The summed E-state index contributed by atoms with van der Waals surface area (Å²) in [5, 5.41) is 0.466. The van der Waals surface area contributed by atoms with Crippen LogP contribution in [0.3, 0.4) is 0 Å². The first-order chi connectivity index (χ1) is 15.8. The number of rotatable bonds is 4. The Balaban J connectivity index is 0.000000287. The van der Waals surface area contributed by atoms with Crippen LogP contribution in [0.5, 0.6) is 11.5 Å². The lowest BCUT2D eigenvalue weighted by Gasteiger charge is -2.21. The Bertz CT molecular complexity index is 1120. The van der Waals surface area contributed by atoms with Crippen molar-refractivity contribution in [3.8, 4) is 11.5 Å². The summed E-state index contributed by atoms with van der Waals surface area (Å²) in [5.41, 5.74) is 4.67. The van der Waals surface area contributed by atoms with Crippen molar-refractivity contribution in [3.05, 3.63) is 93.5 Å². The van der Waals surface area contributed by atoms with Crippen molar-refractivity contribution < 1.29 is 14.3 Å². The maximum Gasteiger partial charge on any atom is 0.198 e. The third-order valence-corrected chi connectivity index (χ3v) is 5.95. The first-order valence-electron chi connectivity index (χ1n) is 11.4. The molecular formula is C30H37ClO3. The predicted molar refractivity (Wildman–Crippen MR) is 143 cm³/mol. The molecule has 4 heteroatoms. The molecule has 0 aliphatic rings. The average molecular weight is 481 g/mol. The van der Waals surface area contributed by atoms with E-state index in [1.54, 1.807) is 26.4 Å². The lowest BCUT2D eigenvalue weighted by molar-refractivity contribution is 0.103. The average Bonchev–Trinajstić information content (AvgIpc) is 2.77. The second-order valence-corrected chi connectivity index (χ2v) is 10.9. The van der Waals surface area contributed by atoms with Crippen LogP contribution >= 0.6 is 11.6 Å². The van der Waals surface area contributed by atoms with Gasteiger partial charge in [0, 0.05) is 5.56 Å². The molecule has 0 aromatic heterocycles. The van der Waals surface area contributed by atoms with Gasteiger partial charge in [-0.05, 0) is 70.8 Å². The molecule has 0 bridgehead atoms. The molecule has 0 fully saturated rings. The van der Waals surface area contributed by atoms with Crippen molar-refractivity contribution >= 4 is 17.4 Å². The molecule has 0 aliphatic heterocycles. The molecule has 0 heterocycles. The zero-order chi connectivity index (χ0) is 25.7. The third-order valence-electron chi connectivity index (χ3n) is 5.64. The maximum absolute atomic E-state index is 12.9. The van der Waals surface area contributed by atoms with Crippen LogP contribution in [-0.2, 0) is 10.8 Å². The van der Waals surface area contributed by atoms with Crippen LogP contribution in [0, 0.1) is 6.92 Å². The zero-order valence-electron chi connectivity index (χ0n) is 21.9. The SMILES string of the molecule is COc1ccc(C(C)(C)C)cc1.COc1ccc(C(C)(C)C)cc1C(=O)c1ccc(C)cc1Cl. The fourth-order valence-electron chi connectivity index (χ4n) is 3.39. The Morgan fingerprint density at radius 1 is 0.706 bits per heavy atom. The molecule has 0 N–H and O–H groups in total. The van der Waals surface area contributed by atoms with E-state index < -0.39 is 0 Å². The van der Waals surface area contributed by atoms with E-state index >= 15 is 0 Å². The van der Waals surface area contributed by atoms with Crippen LogP contribution in [0.4, 0.5) is 0 Å². The number of benzene rings is 3. The van der Waals surface area contributed by atoms with Gasteiger partial charge in [-0.25, -0.2) is 0 Å². The summed E-state index contributed by atoms with van der Waals surface area (Å²) in [6.45, 7) is 14.9. The molecule has 34 heavy (non-hydrogen) atoms. The Hall–Kier alpha value is -2.78. The highest BCUT2D eigenvalue weighted by Gasteiger charge is 2.21. The van der Waals surface area contributed by atoms with Crippen LogP contribution < -0.4 is 9.47 Å². The Morgan fingerprint density at radius 2 is 1.26 bits per heavy atom. The van der Waals surface area contributed by atoms with Crippen molar-refractivity contribution in [1.82, 2.24) is 0 Å². The van der Waals surface area contributed by atoms with Crippen LogP contribution in [-0.4, -0.2) is 20.0 Å². The van der Waals surface area contributed by atoms with Crippen molar-refractivity contribution in [1.29, 1.82) is 0 Å². The number of halogens is 1. The van der Waals surface area contributed by atoms with Gasteiger partial charge in [-0.1, -0.05) is 77.4 Å². The molecule has 0 spiro atoms. The molecule has 0 radical (unpaired) electrons. The Kier molecular flexibility index (Phi) is 8.96. The molecule has 0 aliphatic carbocycles. The quantitative estimate of drug-likeness (QED) is 0.353. The first-order valence-corrected chi connectivity index (χ1v) is 11.8. The Morgan fingerprint density at radius 3 is 1.74 bits per heavy atom. The number of aryl methyl sites for hydroxylation is 1. The highest BCUT2D eigenvalue weighted by atomic mass is 35.5. The second-order valence-electron chi connectivity index (χ2n) is 10.5. The van der Waals surface area contributed by atoms with E-state index in [1.165, 1.54) is 5.56 Å². The topological polar surface area (TPSA) is 35.5 Å². The van der Waals surface area contributed by atoms with Crippen LogP contribution in [0.25, 0.3) is 0 Å². The van der Waals surface area contributed by atoms with Crippen molar-refractivity contribution in [2.75, 3.05) is 14.2 Å². The van der Waals surface area contributed by atoms with Gasteiger partial charge in [-0.3, -0.25) is 4.79 Å². The van der Waals surface area contributed by atoms with Gasteiger partial charge in [0.15, 0.2) is 5.78 Å². The monoisotopic (exact) mass is 480 g/mol. The molecule has 182 valence electrons. The lowest BCUT2D eigenvalue weighted by Crippen LogP contribution is -2.13. The summed E-state index contributed by atoms with van der Waals surface area (Å²) in [7, 11) is 3.26. The highest BCUT2D eigenvalue weighted by molar-refractivity contribution is 6.35. The van der Waals surface area contributed by atoms with Gasteiger partial charge in [0.1, 0.15) is 11.5 Å². The van der Waals surface area contributed by atoms with Crippen molar-refractivity contribution in [2.24, 2.45) is 0 Å². The van der Waals surface area contributed by atoms with E-state index in [9.17, 15) is 4.79 Å². The summed E-state index contributed by atoms with van der Waals surface area (Å²) >= 11 is 6.24.